The van der Waals surface area contributed by atoms with Gasteiger partial charge in [0.2, 0.25) is 5.91 Å². The number of carboxylic acid groups (broad SMARTS) is 1. The van der Waals surface area contributed by atoms with Crippen molar-refractivity contribution in [3.8, 4) is 5.75 Å². The van der Waals surface area contributed by atoms with Gasteiger partial charge in [0.05, 0.1) is 7.11 Å². The van der Waals surface area contributed by atoms with Gasteiger partial charge in [0, 0.05) is 12.5 Å². The predicted octanol–water partition coefficient (Wildman–Crippen LogP) is 1.87. The summed E-state index contributed by atoms with van der Waals surface area (Å²) in [5.41, 5.74) is 2.35. The Kier molecular flexibility index (Phi) is 4.69. The van der Waals surface area contributed by atoms with Gasteiger partial charge in [0.25, 0.3) is 0 Å². The number of rotatable bonds is 4. The Morgan fingerprint density at radius 2 is 1.95 bits per heavy atom. The Morgan fingerprint density at radius 3 is 2.42 bits per heavy atom. The van der Waals surface area contributed by atoms with Crippen LogP contribution in [-0.2, 0) is 9.59 Å². The number of carboxylic acids is 1. The van der Waals surface area contributed by atoms with Gasteiger partial charge in [-0.15, -0.1) is 0 Å². The highest BCUT2D eigenvalue weighted by Crippen LogP contribution is 2.26. The van der Waals surface area contributed by atoms with Crippen LogP contribution in [0.15, 0.2) is 17.8 Å². The Labute approximate surface area is 111 Å². The van der Waals surface area contributed by atoms with Crippen LogP contribution in [0.3, 0.4) is 0 Å². The van der Waals surface area contributed by atoms with Gasteiger partial charge in [-0.25, -0.2) is 4.79 Å². The van der Waals surface area contributed by atoms with Crippen LogP contribution in [0.25, 0.3) is 6.08 Å². The number of hydrogen-bond acceptors (Lipinski definition) is 3. The highest BCUT2D eigenvalue weighted by molar-refractivity contribution is 5.96. The zero-order valence-electron chi connectivity index (χ0n) is 11.4. The van der Waals surface area contributed by atoms with Crippen LogP contribution >= 0.6 is 0 Å². The molecule has 0 bridgehead atoms. The van der Waals surface area contributed by atoms with Gasteiger partial charge in [0.15, 0.2) is 0 Å². The number of aryl methyl sites for hydroxylation is 2. The molecule has 5 nitrogen and oxygen atoms in total. The number of hydrogen-bond donors (Lipinski definition) is 2. The molecular formula is C14H17NO4. The highest BCUT2D eigenvalue weighted by atomic mass is 16.5. The number of amides is 1. The second-order valence-corrected chi connectivity index (χ2v) is 4.24. The number of methoxy groups -OCH3 is 1. The van der Waals surface area contributed by atoms with Gasteiger partial charge in [-0.05, 0) is 37.1 Å². The van der Waals surface area contributed by atoms with Crippen molar-refractivity contribution in [3.63, 3.8) is 0 Å². The van der Waals surface area contributed by atoms with Crippen LogP contribution < -0.4 is 10.1 Å². The zero-order chi connectivity index (χ0) is 14.6. The Hall–Kier alpha value is -2.30. The van der Waals surface area contributed by atoms with Crippen LogP contribution in [0.4, 0.5) is 0 Å². The first kappa shape index (κ1) is 14.8. The second kappa shape index (κ2) is 6.04. The fourth-order valence-corrected chi connectivity index (χ4v) is 1.78. The molecule has 1 amide bonds. The maximum atomic E-state index is 11.1. The zero-order valence-corrected chi connectivity index (χ0v) is 11.4. The number of ether oxygens (including phenoxy) is 1. The summed E-state index contributed by atoms with van der Waals surface area (Å²) < 4.78 is 5.24. The van der Waals surface area contributed by atoms with E-state index in [0.29, 0.717) is 11.3 Å². The molecule has 0 saturated heterocycles. The topological polar surface area (TPSA) is 75.6 Å². The molecule has 0 saturated carbocycles. The third kappa shape index (κ3) is 3.84. The lowest BCUT2D eigenvalue weighted by atomic mass is 10.0. The van der Waals surface area contributed by atoms with E-state index in [1.54, 1.807) is 0 Å². The monoisotopic (exact) mass is 263 g/mol. The molecule has 0 fully saturated rings. The lowest BCUT2D eigenvalue weighted by Gasteiger charge is -2.11. The molecule has 0 spiro atoms. The Morgan fingerprint density at radius 1 is 1.32 bits per heavy atom. The summed E-state index contributed by atoms with van der Waals surface area (Å²) in [4.78, 5) is 22.1. The molecule has 1 aromatic rings. The molecule has 2 N–H and O–H groups in total. The second-order valence-electron chi connectivity index (χ2n) is 4.24. The van der Waals surface area contributed by atoms with E-state index in [4.69, 9.17) is 9.84 Å². The van der Waals surface area contributed by atoms with E-state index in [1.807, 2.05) is 26.0 Å². The summed E-state index contributed by atoms with van der Waals surface area (Å²) in [5.74, 6) is -1.06. The molecule has 0 aliphatic rings. The predicted molar refractivity (Wildman–Crippen MR) is 71.9 cm³/mol. The first-order valence-electron chi connectivity index (χ1n) is 5.73. The third-order valence-electron chi connectivity index (χ3n) is 2.54. The van der Waals surface area contributed by atoms with E-state index in [9.17, 15) is 9.59 Å². The van der Waals surface area contributed by atoms with E-state index >= 15 is 0 Å². The number of aliphatic carboxylic acids is 1. The molecule has 1 aromatic carbocycles. The van der Waals surface area contributed by atoms with Crippen LogP contribution in [0.1, 0.15) is 23.6 Å². The molecule has 5 heteroatoms. The fraction of sp³-hybridized carbons (Fsp3) is 0.286. The van der Waals surface area contributed by atoms with Gasteiger partial charge < -0.3 is 15.2 Å². The smallest absolute Gasteiger partial charge is 0.352 e. The van der Waals surface area contributed by atoms with Crippen molar-refractivity contribution in [1.29, 1.82) is 0 Å². The first-order chi connectivity index (χ1) is 8.85. The van der Waals surface area contributed by atoms with Gasteiger partial charge in [0.1, 0.15) is 11.4 Å². The van der Waals surface area contributed by atoms with Crippen LogP contribution in [0.2, 0.25) is 0 Å². The molecule has 0 unspecified atom stereocenters. The van der Waals surface area contributed by atoms with E-state index in [1.165, 1.54) is 20.1 Å². The van der Waals surface area contributed by atoms with Gasteiger partial charge in [-0.2, -0.15) is 0 Å². The summed E-state index contributed by atoms with van der Waals surface area (Å²) in [5, 5.41) is 11.4. The first-order valence-corrected chi connectivity index (χ1v) is 5.73. The average molecular weight is 263 g/mol. The number of benzene rings is 1. The standard InChI is InChI=1S/C14H17NO4/c1-8-5-9(2)11(13(6-8)19-4)7-12(14(17)18)15-10(3)16/h5-7H,1-4H3,(H,15,16)(H,17,18)/b12-7+. The summed E-state index contributed by atoms with van der Waals surface area (Å²) in [6.07, 6.45) is 1.40. The quantitative estimate of drug-likeness (QED) is 0.813. The molecule has 0 aliphatic heterocycles. The van der Waals surface area contributed by atoms with Crippen molar-refractivity contribution in [1.82, 2.24) is 5.32 Å². The molecule has 0 aliphatic carbocycles. The minimum absolute atomic E-state index is 0.183. The highest BCUT2D eigenvalue weighted by Gasteiger charge is 2.12. The van der Waals surface area contributed by atoms with Gasteiger partial charge in [-0.1, -0.05) is 6.07 Å². The Bertz CT molecular complexity index is 547. The van der Waals surface area contributed by atoms with Crippen LogP contribution in [0.5, 0.6) is 5.75 Å². The molecule has 0 radical (unpaired) electrons. The van der Waals surface area contributed by atoms with Crippen molar-refractivity contribution in [2.45, 2.75) is 20.8 Å². The van der Waals surface area contributed by atoms with Crippen LogP contribution in [0, 0.1) is 13.8 Å². The molecule has 19 heavy (non-hydrogen) atoms. The molecular weight excluding hydrogens is 246 g/mol. The lowest BCUT2D eigenvalue weighted by molar-refractivity contribution is -0.134. The Balaban J connectivity index is 3.35. The molecule has 0 aromatic heterocycles. The van der Waals surface area contributed by atoms with Gasteiger partial charge >= 0.3 is 5.97 Å². The van der Waals surface area contributed by atoms with E-state index in [-0.39, 0.29) is 5.70 Å². The third-order valence-corrected chi connectivity index (χ3v) is 2.54. The number of nitrogens with one attached hydrogen (secondary N) is 1. The van der Waals surface area contributed by atoms with Crippen molar-refractivity contribution in [2.24, 2.45) is 0 Å². The summed E-state index contributed by atoms with van der Waals surface area (Å²) in [6, 6.07) is 3.73. The summed E-state index contributed by atoms with van der Waals surface area (Å²) in [6.45, 7) is 5.04. The molecule has 1 rings (SSSR count). The lowest BCUT2D eigenvalue weighted by Crippen LogP contribution is -2.24. The maximum absolute atomic E-state index is 11.1. The fourth-order valence-electron chi connectivity index (χ4n) is 1.78. The SMILES string of the molecule is COc1cc(C)cc(C)c1/C=C(/NC(C)=O)C(=O)O. The van der Waals surface area contributed by atoms with Gasteiger partial charge in [-0.3, -0.25) is 4.79 Å². The van der Waals surface area contributed by atoms with Crippen LogP contribution in [-0.4, -0.2) is 24.1 Å². The van der Waals surface area contributed by atoms with Crippen molar-refractivity contribution < 1.29 is 19.4 Å². The molecule has 0 atom stereocenters. The maximum Gasteiger partial charge on any atom is 0.352 e. The van der Waals surface area contributed by atoms with Crippen molar-refractivity contribution in [3.05, 3.63) is 34.5 Å². The minimum Gasteiger partial charge on any atom is -0.496 e. The number of carbonyl (C=O) groups is 2. The van der Waals surface area contributed by atoms with Crippen molar-refractivity contribution >= 4 is 18.0 Å². The molecule has 102 valence electrons. The number of carbonyl (C=O) groups excluding carboxylic acids is 1. The van der Waals surface area contributed by atoms with E-state index in [2.05, 4.69) is 5.32 Å². The summed E-state index contributed by atoms with van der Waals surface area (Å²) in [7, 11) is 1.52. The van der Waals surface area contributed by atoms with E-state index < -0.39 is 11.9 Å². The molecule has 0 heterocycles. The largest absolute Gasteiger partial charge is 0.496 e. The normalized spacial score (nSPS) is 11.1. The summed E-state index contributed by atoms with van der Waals surface area (Å²) >= 11 is 0. The minimum atomic E-state index is -1.20. The van der Waals surface area contributed by atoms with E-state index in [0.717, 1.165) is 11.1 Å². The average Bonchev–Trinajstić information content (AvgIpc) is 2.29. The van der Waals surface area contributed by atoms with Crippen molar-refractivity contribution in [2.75, 3.05) is 7.11 Å².